The fourth-order valence-corrected chi connectivity index (χ4v) is 5.47. The quantitative estimate of drug-likeness (QED) is 0.829. The number of hydrogen-bond donors (Lipinski definition) is 1. The van der Waals surface area contributed by atoms with Crippen LogP contribution in [0.4, 0.5) is 5.69 Å². The van der Waals surface area contributed by atoms with Gasteiger partial charge in [-0.05, 0) is 31.4 Å². The largest absolute Gasteiger partial charge is 0.381 e. The first-order valence-corrected chi connectivity index (χ1v) is 11.0. The van der Waals surface area contributed by atoms with Gasteiger partial charge in [-0.3, -0.25) is 4.79 Å². The predicted molar refractivity (Wildman–Crippen MR) is 98.5 cm³/mol. The van der Waals surface area contributed by atoms with E-state index in [4.69, 9.17) is 0 Å². The maximum absolute atomic E-state index is 12.5. The Hall–Kier alpha value is -1.63. The smallest absolute Gasteiger partial charge is 0.272 e. The molecule has 1 aliphatic heterocycles. The number of amides is 1. The van der Waals surface area contributed by atoms with Gasteiger partial charge in [0.25, 0.3) is 5.91 Å². The Morgan fingerprint density at radius 2 is 1.88 bits per heavy atom. The zero-order valence-corrected chi connectivity index (χ0v) is 15.6. The molecule has 0 bridgehead atoms. The topological polar surface area (TPSA) is 79.4 Å². The van der Waals surface area contributed by atoms with Crippen LogP contribution in [0.15, 0.2) is 18.3 Å². The first kappa shape index (κ1) is 18.2. The van der Waals surface area contributed by atoms with E-state index in [2.05, 4.69) is 10.3 Å². The molecule has 3 rings (SSSR count). The minimum Gasteiger partial charge on any atom is -0.381 e. The molecule has 1 unspecified atom stereocenters. The highest BCUT2D eigenvalue weighted by Gasteiger charge is 2.33. The summed E-state index contributed by atoms with van der Waals surface area (Å²) in [7, 11) is -1.35. The average molecular weight is 365 g/mol. The van der Waals surface area contributed by atoms with Crippen molar-refractivity contribution in [1.82, 2.24) is 9.88 Å². The van der Waals surface area contributed by atoms with E-state index in [1.54, 1.807) is 19.3 Å². The lowest BCUT2D eigenvalue weighted by atomic mass is 10.1. The van der Waals surface area contributed by atoms with Crippen LogP contribution < -0.4 is 5.32 Å². The van der Waals surface area contributed by atoms with Crippen LogP contribution in [0.3, 0.4) is 0 Å². The van der Waals surface area contributed by atoms with E-state index < -0.39 is 9.84 Å². The fourth-order valence-electron chi connectivity index (χ4n) is 3.69. The summed E-state index contributed by atoms with van der Waals surface area (Å²) >= 11 is 0. The number of rotatable bonds is 4. The minimum atomic E-state index is -3.01. The van der Waals surface area contributed by atoms with Crippen LogP contribution in [0.1, 0.15) is 55.4 Å². The molecule has 25 heavy (non-hydrogen) atoms. The summed E-state index contributed by atoms with van der Waals surface area (Å²) < 4.78 is 23.2. The number of carbonyl (C=O) groups is 1. The van der Waals surface area contributed by atoms with Gasteiger partial charge in [0, 0.05) is 19.1 Å². The molecule has 138 valence electrons. The number of pyridine rings is 1. The molecule has 1 aromatic rings. The second-order valence-corrected chi connectivity index (χ2v) is 9.47. The van der Waals surface area contributed by atoms with Crippen molar-refractivity contribution in [2.45, 2.75) is 57.0 Å². The molecule has 0 aromatic carbocycles. The Morgan fingerprint density at radius 1 is 1.16 bits per heavy atom. The van der Waals surface area contributed by atoms with Gasteiger partial charge in [0.15, 0.2) is 9.84 Å². The Morgan fingerprint density at radius 3 is 2.44 bits per heavy atom. The Kier molecular flexibility index (Phi) is 5.61. The second-order valence-electron chi connectivity index (χ2n) is 7.24. The van der Waals surface area contributed by atoms with Gasteiger partial charge in [-0.25, -0.2) is 13.4 Å². The monoisotopic (exact) mass is 365 g/mol. The van der Waals surface area contributed by atoms with Gasteiger partial charge in [0.05, 0.1) is 23.4 Å². The minimum absolute atomic E-state index is 0.0521. The Labute approximate surface area is 149 Å². The predicted octanol–water partition coefficient (Wildman–Crippen LogP) is 2.48. The summed E-state index contributed by atoms with van der Waals surface area (Å²) in [6.07, 6.45) is 9.72. The van der Waals surface area contributed by atoms with Crippen molar-refractivity contribution in [2.75, 3.05) is 23.9 Å². The van der Waals surface area contributed by atoms with Crippen molar-refractivity contribution >= 4 is 21.4 Å². The number of aromatic nitrogens is 1. The van der Waals surface area contributed by atoms with Crippen molar-refractivity contribution in [3.05, 3.63) is 24.0 Å². The van der Waals surface area contributed by atoms with Gasteiger partial charge in [-0.2, -0.15) is 0 Å². The van der Waals surface area contributed by atoms with E-state index in [1.165, 1.54) is 43.4 Å². The highest BCUT2D eigenvalue weighted by Crippen LogP contribution is 2.22. The first-order chi connectivity index (χ1) is 11.9. The number of carbonyl (C=O) groups excluding carboxylic acids is 1. The van der Waals surface area contributed by atoms with Gasteiger partial charge in [-0.1, -0.05) is 25.7 Å². The first-order valence-electron chi connectivity index (χ1n) is 9.15. The summed E-state index contributed by atoms with van der Waals surface area (Å²) in [4.78, 5) is 18.3. The summed E-state index contributed by atoms with van der Waals surface area (Å²) in [5.41, 5.74) is 1.30. The zero-order chi connectivity index (χ0) is 17.9. The normalized spacial score (nSPS) is 23.8. The molecule has 6 nitrogen and oxygen atoms in total. The van der Waals surface area contributed by atoms with Crippen molar-refractivity contribution in [1.29, 1.82) is 0 Å². The molecule has 1 aliphatic carbocycles. The molecule has 2 heterocycles. The van der Waals surface area contributed by atoms with E-state index in [9.17, 15) is 13.2 Å². The summed E-state index contributed by atoms with van der Waals surface area (Å²) in [5, 5.41) is 3.52. The van der Waals surface area contributed by atoms with Crippen LogP contribution in [0.5, 0.6) is 0 Å². The van der Waals surface area contributed by atoms with Crippen LogP contribution in [-0.4, -0.2) is 54.8 Å². The maximum atomic E-state index is 12.5. The number of nitrogens with one attached hydrogen (secondary N) is 1. The van der Waals surface area contributed by atoms with E-state index in [0.29, 0.717) is 18.2 Å². The average Bonchev–Trinajstić information content (AvgIpc) is 2.80. The molecule has 0 spiro atoms. The molecule has 1 aromatic heterocycles. The molecule has 0 radical (unpaired) electrons. The second kappa shape index (κ2) is 7.72. The third kappa shape index (κ3) is 4.71. The van der Waals surface area contributed by atoms with Gasteiger partial charge in [0.2, 0.25) is 0 Å². The SMILES string of the molecule is CN(C(=O)c1ccc(NC2CCCCCC2)cn1)C1CCS(=O)(=O)C1. The standard InChI is InChI=1S/C18H27N3O3S/c1-21(16-10-11-25(23,24)13-16)18(22)17-9-8-15(12-19-17)20-14-6-4-2-3-5-7-14/h8-9,12,14,16,20H,2-7,10-11,13H2,1H3. The number of anilines is 1. The van der Waals surface area contributed by atoms with Gasteiger partial charge >= 0.3 is 0 Å². The molecule has 1 saturated carbocycles. The Balaban J connectivity index is 1.60. The summed E-state index contributed by atoms with van der Waals surface area (Å²) in [6.45, 7) is 0. The lowest BCUT2D eigenvalue weighted by Crippen LogP contribution is -2.38. The molecule has 1 amide bonds. The van der Waals surface area contributed by atoms with Crippen LogP contribution in [0, 0.1) is 0 Å². The maximum Gasteiger partial charge on any atom is 0.272 e. The van der Waals surface area contributed by atoms with Crippen molar-refractivity contribution in [3.8, 4) is 0 Å². The molecular weight excluding hydrogens is 338 g/mol. The third-order valence-electron chi connectivity index (χ3n) is 5.29. The third-order valence-corrected chi connectivity index (χ3v) is 7.04. The van der Waals surface area contributed by atoms with Crippen LogP contribution in [0.25, 0.3) is 0 Å². The molecule has 2 aliphatic rings. The number of hydrogen-bond acceptors (Lipinski definition) is 5. The molecule has 1 atom stereocenters. The molecular formula is C18H27N3O3S. The number of sulfone groups is 1. The van der Waals surface area contributed by atoms with Crippen LogP contribution >= 0.6 is 0 Å². The van der Waals surface area contributed by atoms with E-state index >= 15 is 0 Å². The molecule has 1 N–H and O–H groups in total. The lowest BCUT2D eigenvalue weighted by molar-refractivity contribution is 0.0742. The van der Waals surface area contributed by atoms with Crippen molar-refractivity contribution in [2.24, 2.45) is 0 Å². The van der Waals surface area contributed by atoms with Crippen molar-refractivity contribution in [3.63, 3.8) is 0 Å². The molecule has 1 saturated heterocycles. The zero-order valence-electron chi connectivity index (χ0n) is 14.8. The van der Waals surface area contributed by atoms with Crippen LogP contribution in [0.2, 0.25) is 0 Å². The van der Waals surface area contributed by atoms with Crippen LogP contribution in [-0.2, 0) is 9.84 Å². The highest BCUT2D eigenvalue weighted by molar-refractivity contribution is 7.91. The molecule has 7 heteroatoms. The Bertz CT molecular complexity index is 695. The molecule has 2 fully saturated rings. The summed E-state index contributed by atoms with van der Waals surface area (Å²) in [5.74, 6) is -0.00751. The van der Waals surface area contributed by atoms with E-state index in [-0.39, 0.29) is 23.5 Å². The summed E-state index contributed by atoms with van der Waals surface area (Å²) in [6, 6.07) is 3.85. The van der Waals surface area contributed by atoms with E-state index in [1.807, 2.05) is 6.07 Å². The van der Waals surface area contributed by atoms with Gasteiger partial charge in [0.1, 0.15) is 5.69 Å². The number of nitrogens with zero attached hydrogens (tertiary/aromatic N) is 2. The highest BCUT2D eigenvalue weighted by atomic mass is 32.2. The van der Waals surface area contributed by atoms with Gasteiger partial charge in [-0.15, -0.1) is 0 Å². The van der Waals surface area contributed by atoms with Crippen molar-refractivity contribution < 1.29 is 13.2 Å². The van der Waals surface area contributed by atoms with Gasteiger partial charge < -0.3 is 10.2 Å². The lowest BCUT2D eigenvalue weighted by Gasteiger charge is -2.23. The van der Waals surface area contributed by atoms with E-state index in [0.717, 1.165) is 5.69 Å². The fraction of sp³-hybridized carbons (Fsp3) is 0.667.